The van der Waals surface area contributed by atoms with Gasteiger partial charge in [-0.05, 0) is 30.2 Å². The Morgan fingerprint density at radius 1 is 1.05 bits per heavy atom. The number of rotatable bonds is 4. The lowest BCUT2D eigenvalue weighted by molar-refractivity contribution is -0.137. The van der Waals surface area contributed by atoms with Crippen LogP contribution in [0, 0.1) is 11.3 Å². The molecule has 108 valence electrons. The normalized spacial score (nSPS) is 11.0. The second kappa shape index (κ2) is 6.31. The summed E-state index contributed by atoms with van der Waals surface area (Å²) in [4.78, 5) is 0. The Morgan fingerprint density at radius 3 is 2.38 bits per heavy atom. The van der Waals surface area contributed by atoms with Crippen LogP contribution in [0.2, 0.25) is 0 Å². The van der Waals surface area contributed by atoms with E-state index in [9.17, 15) is 13.2 Å². The van der Waals surface area contributed by atoms with Gasteiger partial charge in [-0.3, -0.25) is 0 Å². The minimum Gasteiger partial charge on any atom is -0.385 e. The second-order valence-corrected chi connectivity index (χ2v) is 4.53. The van der Waals surface area contributed by atoms with Gasteiger partial charge in [0.05, 0.1) is 17.2 Å². The molecule has 0 aliphatic rings. The van der Waals surface area contributed by atoms with E-state index in [0.29, 0.717) is 12.2 Å². The van der Waals surface area contributed by atoms with E-state index in [2.05, 4.69) is 5.32 Å². The molecule has 0 radical (unpaired) electrons. The molecule has 0 aromatic heterocycles. The van der Waals surface area contributed by atoms with E-state index in [1.807, 2.05) is 30.3 Å². The van der Waals surface area contributed by atoms with Crippen LogP contribution in [-0.2, 0) is 12.6 Å². The van der Waals surface area contributed by atoms with Crippen molar-refractivity contribution in [2.75, 3.05) is 11.9 Å². The van der Waals surface area contributed by atoms with Gasteiger partial charge in [0.25, 0.3) is 0 Å². The van der Waals surface area contributed by atoms with Crippen molar-refractivity contribution >= 4 is 5.69 Å². The summed E-state index contributed by atoms with van der Waals surface area (Å²) in [7, 11) is 0. The summed E-state index contributed by atoms with van der Waals surface area (Å²) in [6.45, 7) is 0.584. The Hall–Kier alpha value is -2.48. The SMILES string of the molecule is N#Cc1cc(NCCc2ccccc2)ccc1C(F)(F)F. The standard InChI is InChI=1S/C16H13F3N2/c17-16(18,19)15-7-6-14(10-13(15)11-20)21-9-8-12-4-2-1-3-5-12/h1-7,10,21H,8-9H2. The van der Waals surface area contributed by atoms with E-state index in [0.717, 1.165) is 18.1 Å². The molecule has 21 heavy (non-hydrogen) atoms. The molecule has 5 heteroatoms. The quantitative estimate of drug-likeness (QED) is 0.914. The van der Waals surface area contributed by atoms with Gasteiger partial charge in [0.1, 0.15) is 0 Å². The molecule has 0 saturated heterocycles. The van der Waals surface area contributed by atoms with Crippen LogP contribution in [0.3, 0.4) is 0 Å². The van der Waals surface area contributed by atoms with E-state index < -0.39 is 11.7 Å². The van der Waals surface area contributed by atoms with Crippen LogP contribution in [0.5, 0.6) is 0 Å². The molecule has 2 aromatic rings. The average Bonchev–Trinajstić information content (AvgIpc) is 2.47. The molecule has 0 fully saturated rings. The van der Waals surface area contributed by atoms with Gasteiger partial charge in [0.2, 0.25) is 0 Å². The summed E-state index contributed by atoms with van der Waals surface area (Å²) >= 11 is 0. The lowest BCUT2D eigenvalue weighted by Gasteiger charge is -2.11. The van der Waals surface area contributed by atoms with Crippen molar-refractivity contribution in [3.63, 3.8) is 0 Å². The maximum Gasteiger partial charge on any atom is 0.417 e. The second-order valence-electron chi connectivity index (χ2n) is 4.53. The Morgan fingerprint density at radius 2 is 1.76 bits per heavy atom. The maximum absolute atomic E-state index is 12.7. The van der Waals surface area contributed by atoms with Crippen LogP contribution in [0.15, 0.2) is 48.5 Å². The van der Waals surface area contributed by atoms with Crippen molar-refractivity contribution in [2.45, 2.75) is 12.6 Å². The molecular weight excluding hydrogens is 277 g/mol. The van der Waals surface area contributed by atoms with E-state index in [1.165, 1.54) is 12.1 Å². The van der Waals surface area contributed by atoms with E-state index in [4.69, 9.17) is 5.26 Å². The van der Waals surface area contributed by atoms with Gasteiger partial charge in [-0.2, -0.15) is 18.4 Å². The van der Waals surface area contributed by atoms with Crippen LogP contribution < -0.4 is 5.32 Å². The van der Waals surface area contributed by atoms with E-state index >= 15 is 0 Å². The Bertz CT molecular complexity index is 643. The molecule has 0 unspecified atom stereocenters. The number of benzene rings is 2. The van der Waals surface area contributed by atoms with Crippen molar-refractivity contribution in [3.8, 4) is 6.07 Å². The number of anilines is 1. The Balaban J connectivity index is 2.03. The number of nitrogens with zero attached hydrogens (tertiary/aromatic N) is 1. The zero-order valence-electron chi connectivity index (χ0n) is 11.1. The monoisotopic (exact) mass is 290 g/mol. The molecule has 2 nitrogen and oxygen atoms in total. The fourth-order valence-corrected chi connectivity index (χ4v) is 1.99. The van der Waals surface area contributed by atoms with Crippen LogP contribution in [0.1, 0.15) is 16.7 Å². The highest BCUT2D eigenvalue weighted by Crippen LogP contribution is 2.32. The first-order chi connectivity index (χ1) is 10.0. The fourth-order valence-electron chi connectivity index (χ4n) is 1.99. The third kappa shape index (κ3) is 3.99. The number of halogens is 3. The summed E-state index contributed by atoms with van der Waals surface area (Å²) in [5.74, 6) is 0. The first kappa shape index (κ1) is 14.9. The minimum atomic E-state index is -4.51. The molecule has 0 aliphatic carbocycles. The van der Waals surface area contributed by atoms with Crippen molar-refractivity contribution in [3.05, 3.63) is 65.2 Å². The molecule has 0 saturated carbocycles. The van der Waals surface area contributed by atoms with Gasteiger partial charge in [-0.25, -0.2) is 0 Å². The largest absolute Gasteiger partial charge is 0.417 e. The van der Waals surface area contributed by atoms with Gasteiger partial charge in [0.15, 0.2) is 0 Å². The number of hydrogen-bond acceptors (Lipinski definition) is 2. The molecule has 2 rings (SSSR count). The molecule has 1 N–H and O–H groups in total. The lowest BCUT2D eigenvalue weighted by Crippen LogP contribution is -2.09. The highest BCUT2D eigenvalue weighted by Gasteiger charge is 2.33. The van der Waals surface area contributed by atoms with Crippen molar-refractivity contribution in [2.24, 2.45) is 0 Å². The summed E-state index contributed by atoms with van der Waals surface area (Å²) < 4.78 is 38.0. The zero-order valence-corrected chi connectivity index (χ0v) is 11.1. The fraction of sp³-hybridized carbons (Fsp3) is 0.188. The van der Waals surface area contributed by atoms with Crippen LogP contribution in [0.25, 0.3) is 0 Å². The first-order valence-corrected chi connectivity index (χ1v) is 6.40. The predicted molar refractivity (Wildman–Crippen MR) is 74.8 cm³/mol. The summed E-state index contributed by atoms with van der Waals surface area (Å²) in [5, 5.41) is 11.9. The van der Waals surface area contributed by atoms with Gasteiger partial charge in [-0.15, -0.1) is 0 Å². The van der Waals surface area contributed by atoms with Crippen molar-refractivity contribution < 1.29 is 13.2 Å². The highest BCUT2D eigenvalue weighted by molar-refractivity contribution is 5.53. The number of hydrogen-bond donors (Lipinski definition) is 1. The van der Waals surface area contributed by atoms with Crippen LogP contribution in [0.4, 0.5) is 18.9 Å². The average molecular weight is 290 g/mol. The van der Waals surface area contributed by atoms with E-state index in [-0.39, 0.29) is 5.56 Å². The number of alkyl halides is 3. The smallest absolute Gasteiger partial charge is 0.385 e. The van der Waals surface area contributed by atoms with Gasteiger partial charge in [0, 0.05) is 12.2 Å². The number of nitriles is 1. The first-order valence-electron chi connectivity index (χ1n) is 6.40. The van der Waals surface area contributed by atoms with Gasteiger partial charge >= 0.3 is 6.18 Å². The number of nitrogens with one attached hydrogen (secondary N) is 1. The summed E-state index contributed by atoms with van der Waals surface area (Å²) in [6.07, 6.45) is -3.75. The van der Waals surface area contributed by atoms with E-state index in [1.54, 1.807) is 6.07 Å². The van der Waals surface area contributed by atoms with Gasteiger partial charge < -0.3 is 5.32 Å². The van der Waals surface area contributed by atoms with Crippen LogP contribution in [-0.4, -0.2) is 6.54 Å². The zero-order chi connectivity index (χ0) is 15.3. The molecule has 0 atom stereocenters. The third-order valence-electron chi connectivity index (χ3n) is 3.03. The molecule has 0 spiro atoms. The summed E-state index contributed by atoms with van der Waals surface area (Å²) in [5.41, 5.74) is 0.374. The van der Waals surface area contributed by atoms with Crippen molar-refractivity contribution in [1.82, 2.24) is 0 Å². The molecule has 0 heterocycles. The highest BCUT2D eigenvalue weighted by atomic mass is 19.4. The molecular formula is C16H13F3N2. The van der Waals surface area contributed by atoms with Crippen LogP contribution >= 0.6 is 0 Å². The molecule has 0 aliphatic heterocycles. The topological polar surface area (TPSA) is 35.8 Å². The molecule has 2 aromatic carbocycles. The maximum atomic E-state index is 12.7. The molecule has 0 bridgehead atoms. The molecule has 0 amide bonds. The predicted octanol–water partition coefficient (Wildman–Crippen LogP) is 4.23. The third-order valence-corrected chi connectivity index (χ3v) is 3.03. The van der Waals surface area contributed by atoms with Gasteiger partial charge in [-0.1, -0.05) is 30.3 Å². The summed E-state index contributed by atoms with van der Waals surface area (Å²) in [6, 6.07) is 14.8. The Labute approximate surface area is 120 Å². The minimum absolute atomic E-state index is 0.368. The van der Waals surface area contributed by atoms with Crippen molar-refractivity contribution in [1.29, 1.82) is 5.26 Å². The lowest BCUT2D eigenvalue weighted by atomic mass is 10.1. The Kier molecular flexibility index (Phi) is 4.49.